The zero-order valence-corrected chi connectivity index (χ0v) is 11.8. The molecule has 3 nitrogen and oxygen atoms in total. The molecule has 3 rings (SSSR count). The van der Waals surface area contributed by atoms with Gasteiger partial charge in [-0.2, -0.15) is 0 Å². The summed E-state index contributed by atoms with van der Waals surface area (Å²) >= 11 is 0. The van der Waals surface area contributed by atoms with Crippen LogP contribution in [-0.2, 0) is 6.61 Å². The van der Waals surface area contributed by atoms with Crippen molar-refractivity contribution < 1.29 is 5.11 Å². The Labute approximate surface area is 115 Å². The minimum absolute atomic E-state index is 0.136. The Hall–Kier alpha value is -1.06. The van der Waals surface area contributed by atoms with E-state index in [0.717, 1.165) is 18.2 Å². The predicted molar refractivity (Wildman–Crippen MR) is 78.5 cm³/mol. The van der Waals surface area contributed by atoms with E-state index in [0.29, 0.717) is 0 Å². The van der Waals surface area contributed by atoms with Crippen molar-refractivity contribution in [2.75, 3.05) is 31.1 Å². The lowest BCUT2D eigenvalue weighted by Gasteiger charge is -2.45. The lowest BCUT2D eigenvalue weighted by Crippen LogP contribution is -2.55. The van der Waals surface area contributed by atoms with Crippen LogP contribution in [0, 0.1) is 6.92 Å². The summed E-state index contributed by atoms with van der Waals surface area (Å²) in [6, 6.07) is 7.09. The van der Waals surface area contributed by atoms with Gasteiger partial charge in [-0.3, -0.25) is 4.90 Å². The molecule has 3 heteroatoms. The maximum absolute atomic E-state index is 9.20. The van der Waals surface area contributed by atoms with Gasteiger partial charge in [-0.15, -0.1) is 0 Å². The van der Waals surface area contributed by atoms with Crippen LogP contribution in [-0.4, -0.2) is 42.2 Å². The van der Waals surface area contributed by atoms with E-state index < -0.39 is 0 Å². The minimum atomic E-state index is 0.136. The van der Waals surface area contributed by atoms with Crippen molar-refractivity contribution in [2.24, 2.45) is 0 Å². The van der Waals surface area contributed by atoms with E-state index >= 15 is 0 Å². The van der Waals surface area contributed by atoms with Crippen LogP contribution in [0.3, 0.4) is 0 Å². The van der Waals surface area contributed by atoms with Crippen LogP contribution in [0.2, 0.25) is 0 Å². The van der Waals surface area contributed by atoms with Gasteiger partial charge in [0.25, 0.3) is 0 Å². The largest absolute Gasteiger partial charge is 0.392 e. The summed E-state index contributed by atoms with van der Waals surface area (Å²) in [6.07, 6.45) is 4.11. The van der Waals surface area contributed by atoms with Crippen LogP contribution in [0.15, 0.2) is 18.2 Å². The molecule has 2 aliphatic heterocycles. The number of anilines is 1. The summed E-state index contributed by atoms with van der Waals surface area (Å²) in [5.74, 6) is 0. The Morgan fingerprint density at radius 1 is 1.21 bits per heavy atom. The van der Waals surface area contributed by atoms with E-state index in [1.807, 2.05) is 0 Å². The van der Waals surface area contributed by atoms with Crippen LogP contribution >= 0.6 is 0 Å². The zero-order chi connectivity index (χ0) is 13.2. The SMILES string of the molecule is Cc1cc(CO)ccc1N1CCN2CCCCC2C1. The Morgan fingerprint density at radius 3 is 2.89 bits per heavy atom. The molecule has 1 atom stereocenters. The number of rotatable bonds is 2. The zero-order valence-electron chi connectivity index (χ0n) is 11.8. The van der Waals surface area contributed by atoms with Crippen molar-refractivity contribution in [3.05, 3.63) is 29.3 Å². The van der Waals surface area contributed by atoms with Gasteiger partial charge in [-0.1, -0.05) is 18.6 Å². The number of fused-ring (bicyclic) bond motifs is 1. The summed E-state index contributed by atoms with van der Waals surface area (Å²) < 4.78 is 0. The number of piperidine rings is 1. The van der Waals surface area contributed by atoms with Gasteiger partial charge in [-0.25, -0.2) is 0 Å². The standard InChI is InChI=1S/C16H24N2O/c1-13-10-14(12-19)5-6-16(13)18-9-8-17-7-3-2-4-15(17)11-18/h5-6,10,15,19H,2-4,7-9,11-12H2,1H3. The smallest absolute Gasteiger partial charge is 0.0681 e. The number of aryl methyl sites for hydroxylation is 1. The van der Waals surface area contributed by atoms with E-state index in [1.54, 1.807) is 0 Å². The van der Waals surface area contributed by atoms with E-state index in [1.165, 1.54) is 50.1 Å². The Balaban J connectivity index is 1.75. The molecule has 0 aliphatic carbocycles. The van der Waals surface area contributed by atoms with Gasteiger partial charge < -0.3 is 10.0 Å². The second kappa shape index (κ2) is 5.51. The van der Waals surface area contributed by atoms with Gasteiger partial charge in [-0.05, 0) is 43.5 Å². The molecule has 1 aromatic carbocycles. The van der Waals surface area contributed by atoms with Gasteiger partial charge in [0.2, 0.25) is 0 Å². The third kappa shape index (κ3) is 2.63. The molecule has 19 heavy (non-hydrogen) atoms. The average Bonchev–Trinajstić information content (AvgIpc) is 2.46. The number of piperazine rings is 1. The summed E-state index contributed by atoms with van der Waals surface area (Å²) in [5.41, 5.74) is 3.65. The number of nitrogens with zero attached hydrogens (tertiary/aromatic N) is 2. The topological polar surface area (TPSA) is 26.7 Å². The molecule has 0 spiro atoms. The Morgan fingerprint density at radius 2 is 2.11 bits per heavy atom. The molecular formula is C16H24N2O. The molecular weight excluding hydrogens is 236 g/mol. The van der Waals surface area contributed by atoms with Crippen LogP contribution < -0.4 is 4.90 Å². The molecule has 1 unspecified atom stereocenters. The first kappa shape index (κ1) is 12.9. The first-order chi connectivity index (χ1) is 9.28. The number of benzene rings is 1. The van der Waals surface area contributed by atoms with E-state index in [-0.39, 0.29) is 6.61 Å². The number of aliphatic hydroxyl groups excluding tert-OH is 1. The molecule has 104 valence electrons. The summed E-state index contributed by atoms with van der Waals surface area (Å²) in [5, 5.41) is 9.20. The van der Waals surface area contributed by atoms with Crippen molar-refractivity contribution >= 4 is 5.69 Å². The number of hydrogen-bond donors (Lipinski definition) is 1. The van der Waals surface area contributed by atoms with Crippen LogP contribution in [0.4, 0.5) is 5.69 Å². The monoisotopic (exact) mass is 260 g/mol. The molecule has 0 radical (unpaired) electrons. The van der Waals surface area contributed by atoms with E-state index in [4.69, 9.17) is 0 Å². The quantitative estimate of drug-likeness (QED) is 0.883. The second-order valence-electron chi connectivity index (χ2n) is 5.91. The molecule has 0 amide bonds. The molecule has 0 aromatic heterocycles. The fourth-order valence-electron chi connectivity index (χ4n) is 3.55. The first-order valence-corrected chi connectivity index (χ1v) is 7.47. The van der Waals surface area contributed by atoms with Gasteiger partial charge in [0.05, 0.1) is 6.61 Å². The predicted octanol–water partition coefficient (Wildman–Crippen LogP) is 2.16. The maximum atomic E-state index is 9.20. The summed E-state index contributed by atoms with van der Waals surface area (Å²) in [4.78, 5) is 5.19. The third-order valence-electron chi connectivity index (χ3n) is 4.62. The summed E-state index contributed by atoms with van der Waals surface area (Å²) in [6.45, 7) is 7.08. The van der Waals surface area contributed by atoms with Gasteiger partial charge in [0.15, 0.2) is 0 Å². The fraction of sp³-hybridized carbons (Fsp3) is 0.625. The summed E-state index contributed by atoms with van der Waals surface area (Å²) in [7, 11) is 0. The Bertz CT molecular complexity index is 446. The first-order valence-electron chi connectivity index (χ1n) is 7.47. The van der Waals surface area contributed by atoms with Crippen molar-refractivity contribution in [1.82, 2.24) is 4.90 Å². The molecule has 1 aromatic rings. The number of hydrogen-bond acceptors (Lipinski definition) is 3. The van der Waals surface area contributed by atoms with E-state index in [2.05, 4.69) is 34.9 Å². The van der Waals surface area contributed by atoms with Crippen LogP contribution in [0.5, 0.6) is 0 Å². The van der Waals surface area contributed by atoms with Crippen LogP contribution in [0.25, 0.3) is 0 Å². The second-order valence-corrected chi connectivity index (χ2v) is 5.91. The van der Waals surface area contributed by atoms with Crippen LogP contribution in [0.1, 0.15) is 30.4 Å². The highest BCUT2D eigenvalue weighted by atomic mass is 16.3. The van der Waals surface area contributed by atoms with Gasteiger partial charge in [0, 0.05) is 31.4 Å². The molecule has 2 saturated heterocycles. The normalized spacial score (nSPS) is 24.3. The molecule has 2 fully saturated rings. The van der Waals surface area contributed by atoms with Crippen molar-refractivity contribution in [2.45, 2.75) is 38.8 Å². The lowest BCUT2D eigenvalue weighted by molar-refractivity contribution is 0.133. The molecule has 0 saturated carbocycles. The van der Waals surface area contributed by atoms with Crippen molar-refractivity contribution in [3.8, 4) is 0 Å². The minimum Gasteiger partial charge on any atom is -0.392 e. The Kier molecular flexibility index (Phi) is 3.76. The molecule has 0 bridgehead atoms. The van der Waals surface area contributed by atoms with Gasteiger partial charge in [0.1, 0.15) is 0 Å². The van der Waals surface area contributed by atoms with E-state index in [9.17, 15) is 5.11 Å². The highest BCUT2D eigenvalue weighted by Gasteiger charge is 2.29. The average molecular weight is 260 g/mol. The highest BCUT2D eigenvalue weighted by Crippen LogP contribution is 2.27. The lowest BCUT2D eigenvalue weighted by atomic mass is 9.98. The molecule has 1 N–H and O–H groups in total. The fourth-order valence-corrected chi connectivity index (χ4v) is 3.55. The van der Waals surface area contributed by atoms with Gasteiger partial charge >= 0.3 is 0 Å². The molecule has 2 heterocycles. The third-order valence-corrected chi connectivity index (χ3v) is 4.62. The number of aliphatic hydroxyl groups is 1. The van der Waals surface area contributed by atoms with Crippen molar-refractivity contribution in [1.29, 1.82) is 0 Å². The highest BCUT2D eigenvalue weighted by molar-refractivity contribution is 5.55. The van der Waals surface area contributed by atoms with Crippen molar-refractivity contribution in [3.63, 3.8) is 0 Å². The molecule has 2 aliphatic rings. The maximum Gasteiger partial charge on any atom is 0.0681 e.